The van der Waals surface area contributed by atoms with E-state index in [2.05, 4.69) is 200 Å². The molecule has 11 rings (SSSR count). The highest BCUT2D eigenvalue weighted by Gasteiger charge is 2.53. The molecule has 2 aliphatic rings. The van der Waals surface area contributed by atoms with Crippen molar-refractivity contribution in [2.24, 2.45) is 0 Å². The first-order valence-electron chi connectivity index (χ1n) is 18.4. The monoisotopic (exact) mass is 671 g/mol. The topological polar surface area (TPSA) is 12.9 Å². The number of hydrogen-bond acceptors (Lipinski definition) is 1. The lowest BCUT2D eigenvalue weighted by Crippen LogP contribution is -2.26. The Balaban J connectivity index is 1.14. The molecule has 0 atom stereocenters. The molecule has 8 aromatic carbocycles. The Hall–Kier alpha value is -6.83. The molecule has 0 unspecified atom stereocenters. The maximum Gasteiger partial charge on any atom is 0.0791 e. The van der Waals surface area contributed by atoms with Gasteiger partial charge in [0.15, 0.2) is 0 Å². The Morgan fingerprint density at radius 2 is 0.736 bits per heavy atom. The van der Waals surface area contributed by atoms with Gasteiger partial charge in [-0.05, 0) is 96.6 Å². The summed E-state index contributed by atoms with van der Waals surface area (Å²) < 4.78 is 0. The molecule has 0 radical (unpaired) electrons. The molecule has 0 fully saturated rings. The van der Waals surface area contributed by atoms with E-state index in [9.17, 15) is 0 Å². The zero-order valence-corrected chi connectivity index (χ0v) is 29.0. The molecule has 1 spiro atoms. The van der Waals surface area contributed by atoms with Gasteiger partial charge < -0.3 is 0 Å². The van der Waals surface area contributed by atoms with Crippen LogP contribution < -0.4 is 0 Å². The van der Waals surface area contributed by atoms with Gasteiger partial charge in [0, 0.05) is 16.5 Å². The van der Waals surface area contributed by atoms with Crippen LogP contribution in [0, 0.1) is 0 Å². The van der Waals surface area contributed by atoms with Gasteiger partial charge in [0.05, 0.1) is 16.6 Å². The van der Waals surface area contributed by atoms with Crippen molar-refractivity contribution in [1.82, 2.24) is 4.98 Å². The fourth-order valence-corrected chi connectivity index (χ4v) is 9.24. The lowest BCUT2D eigenvalue weighted by molar-refractivity contribution is 0.801. The number of fused-ring (bicyclic) bond motifs is 12. The van der Waals surface area contributed by atoms with Crippen molar-refractivity contribution in [3.63, 3.8) is 0 Å². The zero-order valence-electron chi connectivity index (χ0n) is 29.0. The number of benzene rings is 8. The van der Waals surface area contributed by atoms with E-state index in [0.29, 0.717) is 0 Å². The number of hydrogen-bond donors (Lipinski definition) is 0. The third-order valence-electron chi connectivity index (χ3n) is 11.5. The van der Waals surface area contributed by atoms with Gasteiger partial charge in [0.1, 0.15) is 0 Å². The van der Waals surface area contributed by atoms with Crippen LogP contribution in [-0.4, -0.2) is 4.98 Å². The van der Waals surface area contributed by atoms with E-state index in [1.54, 1.807) is 0 Å². The second-order valence-corrected chi connectivity index (χ2v) is 14.2. The summed E-state index contributed by atoms with van der Waals surface area (Å²) >= 11 is 0. The summed E-state index contributed by atoms with van der Waals surface area (Å²) in [5, 5.41) is 1.21. The second-order valence-electron chi connectivity index (χ2n) is 14.2. The third-order valence-corrected chi connectivity index (χ3v) is 11.5. The first kappa shape index (κ1) is 29.9. The fraction of sp³-hybridized carbons (Fsp3) is 0.0192. The van der Waals surface area contributed by atoms with Gasteiger partial charge in [-0.25, -0.2) is 4.98 Å². The van der Waals surface area contributed by atoms with Crippen LogP contribution in [0.15, 0.2) is 200 Å². The number of pyridine rings is 1. The Bertz CT molecular complexity index is 2760. The first-order valence-corrected chi connectivity index (χ1v) is 18.4. The van der Waals surface area contributed by atoms with E-state index in [-0.39, 0.29) is 0 Å². The van der Waals surface area contributed by atoms with Gasteiger partial charge >= 0.3 is 0 Å². The fourth-order valence-electron chi connectivity index (χ4n) is 9.24. The third kappa shape index (κ3) is 4.35. The summed E-state index contributed by atoms with van der Waals surface area (Å²) in [6, 6.07) is 73.2. The smallest absolute Gasteiger partial charge is 0.0791 e. The Labute approximate surface area is 309 Å². The molecule has 0 amide bonds. The Morgan fingerprint density at radius 1 is 0.321 bits per heavy atom. The van der Waals surface area contributed by atoms with E-state index in [0.717, 1.165) is 16.8 Å². The maximum atomic E-state index is 5.49. The minimum absolute atomic E-state index is 0.442. The predicted molar refractivity (Wildman–Crippen MR) is 220 cm³/mol. The second kappa shape index (κ2) is 11.6. The molecule has 53 heavy (non-hydrogen) atoms. The van der Waals surface area contributed by atoms with Crippen molar-refractivity contribution in [2.75, 3.05) is 0 Å². The molecule has 9 aromatic rings. The lowest BCUT2D eigenvalue weighted by Gasteiger charge is -2.31. The highest BCUT2D eigenvalue weighted by Crippen LogP contribution is 2.65. The predicted octanol–water partition coefficient (Wildman–Crippen LogP) is 13.2. The summed E-state index contributed by atoms with van der Waals surface area (Å²) in [4.78, 5) is 5.49. The largest absolute Gasteiger partial charge is 0.247 e. The van der Waals surface area contributed by atoms with Crippen molar-refractivity contribution < 1.29 is 0 Å². The summed E-state index contributed by atoms with van der Waals surface area (Å²) in [5.74, 6) is 0. The standard InChI is InChI=1S/C52H33N/c1-3-15-34(16-4-1)38-31-39(35-17-5-2-6-18-35)33-40(32-38)36-27-29-37(30-28-36)51-49-43-21-9-13-25-47(43)52(50(49)44-22-10-14-26-48(44)53-51)45-23-11-7-19-41(45)42-20-8-12-24-46(42)52/h1-33H. The average Bonchev–Trinajstić information content (AvgIpc) is 3.72. The molecule has 1 aromatic heterocycles. The molecule has 0 N–H and O–H groups in total. The van der Waals surface area contributed by atoms with Crippen LogP contribution in [0.2, 0.25) is 0 Å². The van der Waals surface area contributed by atoms with Crippen LogP contribution in [0.5, 0.6) is 0 Å². The summed E-state index contributed by atoms with van der Waals surface area (Å²) in [6.07, 6.45) is 0. The van der Waals surface area contributed by atoms with Crippen LogP contribution in [0.1, 0.15) is 22.3 Å². The van der Waals surface area contributed by atoms with Crippen molar-refractivity contribution in [3.8, 4) is 66.9 Å². The summed E-state index contributed by atoms with van der Waals surface area (Å²) in [6.45, 7) is 0. The zero-order chi connectivity index (χ0) is 34.9. The number of aromatic nitrogens is 1. The van der Waals surface area contributed by atoms with Gasteiger partial charge in [0.25, 0.3) is 0 Å². The molecular formula is C52H33N. The van der Waals surface area contributed by atoms with Crippen LogP contribution in [0.4, 0.5) is 0 Å². The molecule has 0 saturated heterocycles. The number of nitrogens with zero attached hydrogens (tertiary/aromatic N) is 1. The van der Waals surface area contributed by atoms with E-state index >= 15 is 0 Å². The van der Waals surface area contributed by atoms with E-state index in [1.807, 2.05) is 0 Å². The minimum atomic E-state index is -0.442. The minimum Gasteiger partial charge on any atom is -0.247 e. The molecule has 1 heteroatoms. The highest BCUT2D eigenvalue weighted by atomic mass is 14.7. The van der Waals surface area contributed by atoms with Crippen LogP contribution in [0.25, 0.3) is 77.8 Å². The average molecular weight is 672 g/mol. The lowest BCUT2D eigenvalue weighted by atomic mass is 9.69. The van der Waals surface area contributed by atoms with Gasteiger partial charge in [-0.15, -0.1) is 0 Å². The van der Waals surface area contributed by atoms with Crippen LogP contribution in [-0.2, 0) is 5.41 Å². The van der Waals surface area contributed by atoms with E-state index in [4.69, 9.17) is 4.98 Å². The van der Waals surface area contributed by atoms with Crippen molar-refractivity contribution in [3.05, 3.63) is 222 Å². The van der Waals surface area contributed by atoms with Gasteiger partial charge in [-0.1, -0.05) is 176 Å². The number of para-hydroxylation sites is 1. The normalized spacial score (nSPS) is 13.1. The molecule has 0 saturated carbocycles. The SMILES string of the molecule is c1ccc(-c2cc(-c3ccccc3)cc(-c3ccc(-c4nc5ccccc5c5c4-c4ccccc4C54c5ccccc5-c5ccccc54)cc3)c2)cc1. The quantitative estimate of drug-likeness (QED) is 0.181. The Morgan fingerprint density at radius 3 is 1.30 bits per heavy atom. The molecule has 246 valence electrons. The van der Waals surface area contributed by atoms with E-state index in [1.165, 1.54) is 83.3 Å². The van der Waals surface area contributed by atoms with E-state index < -0.39 is 5.41 Å². The first-order chi connectivity index (χ1) is 26.3. The molecule has 1 heterocycles. The molecule has 0 aliphatic heterocycles. The molecule has 1 nitrogen and oxygen atoms in total. The van der Waals surface area contributed by atoms with Crippen LogP contribution >= 0.6 is 0 Å². The highest BCUT2D eigenvalue weighted by molar-refractivity contribution is 6.06. The molecular weight excluding hydrogens is 639 g/mol. The summed E-state index contributed by atoms with van der Waals surface area (Å²) in [5.41, 5.74) is 20.4. The van der Waals surface area contributed by atoms with Gasteiger partial charge in [-0.2, -0.15) is 0 Å². The molecule has 2 aliphatic carbocycles. The molecule has 0 bridgehead atoms. The maximum absolute atomic E-state index is 5.49. The van der Waals surface area contributed by atoms with Crippen LogP contribution in [0.3, 0.4) is 0 Å². The van der Waals surface area contributed by atoms with Gasteiger partial charge in [-0.3, -0.25) is 0 Å². The van der Waals surface area contributed by atoms with Gasteiger partial charge in [0.2, 0.25) is 0 Å². The Kier molecular flexibility index (Phi) is 6.53. The summed E-state index contributed by atoms with van der Waals surface area (Å²) in [7, 11) is 0. The van der Waals surface area contributed by atoms with Crippen molar-refractivity contribution >= 4 is 10.9 Å². The van der Waals surface area contributed by atoms with Crippen molar-refractivity contribution in [1.29, 1.82) is 0 Å². The number of rotatable bonds is 4. The van der Waals surface area contributed by atoms with Crippen molar-refractivity contribution in [2.45, 2.75) is 5.41 Å².